The van der Waals surface area contributed by atoms with Gasteiger partial charge in [0.1, 0.15) is 5.75 Å². The fraction of sp³-hybridized carbons (Fsp3) is 0.348. The fourth-order valence-corrected chi connectivity index (χ4v) is 3.88. The zero-order chi connectivity index (χ0) is 20.1. The Kier molecular flexibility index (Phi) is 5.89. The molecular weight excluding hydrogens is 366 g/mol. The number of amides is 1. The highest BCUT2D eigenvalue weighted by molar-refractivity contribution is 5.88. The third-order valence-corrected chi connectivity index (χ3v) is 5.46. The van der Waals surface area contributed by atoms with Gasteiger partial charge < -0.3 is 10.1 Å². The Morgan fingerprint density at radius 3 is 2.76 bits per heavy atom. The zero-order valence-corrected chi connectivity index (χ0v) is 16.3. The lowest BCUT2D eigenvalue weighted by Gasteiger charge is -2.12. The van der Waals surface area contributed by atoms with Crippen LogP contribution in [0.25, 0.3) is 10.8 Å². The average Bonchev–Trinajstić information content (AvgIpc) is 3.28. The number of hydrogen-bond acceptors (Lipinski definition) is 4. The van der Waals surface area contributed by atoms with E-state index in [1.165, 1.54) is 17.4 Å². The molecule has 1 aromatic heterocycles. The second-order valence-electron chi connectivity index (χ2n) is 7.44. The van der Waals surface area contributed by atoms with Crippen LogP contribution in [0.4, 0.5) is 0 Å². The van der Waals surface area contributed by atoms with Gasteiger partial charge in [0.2, 0.25) is 0 Å². The number of hydrogen-bond donors (Lipinski definition) is 1. The summed E-state index contributed by atoms with van der Waals surface area (Å²) in [7, 11) is 0. The summed E-state index contributed by atoms with van der Waals surface area (Å²) in [6, 6.07) is 15.3. The predicted molar refractivity (Wildman–Crippen MR) is 112 cm³/mol. The highest BCUT2D eigenvalue weighted by atomic mass is 16.5. The van der Waals surface area contributed by atoms with Crippen molar-refractivity contribution in [2.45, 2.75) is 38.1 Å². The lowest BCUT2D eigenvalue weighted by Crippen LogP contribution is -2.34. The first-order chi connectivity index (χ1) is 14.2. The largest absolute Gasteiger partial charge is 0.483 e. The van der Waals surface area contributed by atoms with E-state index in [0.29, 0.717) is 24.8 Å². The molecule has 29 heavy (non-hydrogen) atoms. The van der Waals surface area contributed by atoms with Crippen molar-refractivity contribution in [3.05, 3.63) is 70.9 Å². The molecule has 6 heteroatoms. The predicted octanol–water partition coefficient (Wildman–Crippen LogP) is 3.25. The van der Waals surface area contributed by atoms with Crippen LogP contribution in [-0.2, 0) is 11.3 Å². The van der Waals surface area contributed by atoms with E-state index in [4.69, 9.17) is 4.74 Å². The fourth-order valence-electron chi connectivity index (χ4n) is 3.88. The quantitative estimate of drug-likeness (QED) is 0.671. The summed E-state index contributed by atoms with van der Waals surface area (Å²) < 4.78 is 7.22. The van der Waals surface area contributed by atoms with Crippen molar-refractivity contribution in [2.75, 3.05) is 13.2 Å². The number of fused-ring (bicyclic) bond motifs is 1. The van der Waals surface area contributed by atoms with E-state index in [1.54, 1.807) is 12.4 Å². The van der Waals surface area contributed by atoms with Crippen LogP contribution < -0.4 is 15.6 Å². The summed E-state index contributed by atoms with van der Waals surface area (Å²) in [5.41, 5.74) is 0.833. The van der Waals surface area contributed by atoms with Gasteiger partial charge >= 0.3 is 0 Å². The van der Waals surface area contributed by atoms with Crippen LogP contribution in [0.5, 0.6) is 5.75 Å². The Morgan fingerprint density at radius 1 is 1.14 bits per heavy atom. The first-order valence-electron chi connectivity index (χ1n) is 10.1. The van der Waals surface area contributed by atoms with Crippen molar-refractivity contribution in [1.29, 1.82) is 0 Å². The first kappa shape index (κ1) is 19.2. The van der Waals surface area contributed by atoms with E-state index >= 15 is 0 Å². The van der Waals surface area contributed by atoms with Crippen LogP contribution in [-0.4, -0.2) is 28.6 Å². The molecule has 1 aliphatic carbocycles. The van der Waals surface area contributed by atoms with Gasteiger partial charge in [-0.25, -0.2) is 4.98 Å². The number of nitrogens with zero attached hydrogens (tertiary/aromatic N) is 2. The molecule has 150 valence electrons. The molecule has 4 rings (SSSR count). The maximum atomic E-state index is 12.3. The van der Waals surface area contributed by atoms with Crippen LogP contribution in [0.15, 0.2) is 59.7 Å². The summed E-state index contributed by atoms with van der Waals surface area (Å²) in [5.74, 6) is 0.881. The molecule has 0 unspecified atom stereocenters. The van der Waals surface area contributed by atoms with Gasteiger partial charge in [-0.15, -0.1) is 0 Å². The SMILES string of the molecule is O=C(COc1cccc2ccccc12)NCCn1cnc(C2CCCC2)cc1=O. The molecule has 1 fully saturated rings. The highest BCUT2D eigenvalue weighted by Crippen LogP contribution is 2.32. The number of carbonyl (C=O) groups excluding carboxylic acids is 1. The van der Waals surface area contributed by atoms with Gasteiger partial charge in [0.25, 0.3) is 11.5 Å². The molecule has 0 saturated heterocycles. The van der Waals surface area contributed by atoms with Crippen molar-refractivity contribution in [1.82, 2.24) is 14.9 Å². The number of rotatable bonds is 7. The van der Waals surface area contributed by atoms with E-state index in [1.807, 2.05) is 42.5 Å². The van der Waals surface area contributed by atoms with E-state index in [0.717, 1.165) is 29.3 Å². The molecule has 1 heterocycles. The third kappa shape index (κ3) is 4.65. The smallest absolute Gasteiger partial charge is 0.258 e. The van der Waals surface area contributed by atoms with Crippen molar-refractivity contribution in [3.63, 3.8) is 0 Å². The van der Waals surface area contributed by atoms with E-state index in [2.05, 4.69) is 10.3 Å². The summed E-state index contributed by atoms with van der Waals surface area (Å²) in [6.07, 6.45) is 6.24. The van der Waals surface area contributed by atoms with Crippen LogP contribution >= 0.6 is 0 Å². The monoisotopic (exact) mass is 391 g/mol. The maximum Gasteiger partial charge on any atom is 0.258 e. The van der Waals surface area contributed by atoms with Crippen molar-refractivity contribution < 1.29 is 9.53 Å². The molecule has 2 aromatic carbocycles. The Labute approximate surface area is 169 Å². The summed E-state index contributed by atoms with van der Waals surface area (Å²) in [4.78, 5) is 28.9. The molecule has 0 bridgehead atoms. The summed E-state index contributed by atoms with van der Waals surface area (Å²) in [5, 5.41) is 4.84. The molecule has 0 spiro atoms. The Bertz CT molecular complexity index is 1050. The second kappa shape index (κ2) is 8.90. The summed E-state index contributed by atoms with van der Waals surface area (Å²) in [6.45, 7) is 0.667. The number of nitrogens with one attached hydrogen (secondary N) is 1. The average molecular weight is 391 g/mol. The number of carbonyl (C=O) groups is 1. The van der Waals surface area contributed by atoms with E-state index in [-0.39, 0.29) is 18.1 Å². The van der Waals surface area contributed by atoms with Gasteiger partial charge in [0.05, 0.1) is 12.0 Å². The number of benzene rings is 2. The van der Waals surface area contributed by atoms with Gasteiger partial charge in [0.15, 0.2) is 6.61 Å². The molecular formula is C23H25N3O3. The Hall–Kier alpha value is -3.15. The lowest BCUT2D eigenvalue weighted by molar-refractivity contribution is -0.123. The van der Waals surface area contributed by atoms with Gasteiger partial charge in [-0.2, -0.15) is 0 Å². The molecule has 3 aromatic rings. The molecule has 1 aliphatic rings. The van der Waals surface area contributed by atoms with Crippen molar-refractivity contribution in [2.24, 2.45) is 0 Å². The minimum Gasteiger partial charge on any atom is -0.483 e. The molecule has 0 radical (unpaired) electrons. The minimum absolute atomic E-state index is 0.0665. The summed E-state index contributed by atoms with van der Waals surface area (Å²) >= 11 is 0. The van der Waals surface area contributed by atoms with Gasteiger partial charge in [-0.3, -0.25) is 14.2 Å². The minimum atomic E-state index is -0.221. The lowest BCUT2D eigenvalue weighted by atomic mass is 10.0. The maximum absolute atomic E-state index is 12.3. The molecule has 0 aliphatic heterocycles. The van der Waals surface area contributed by atoms with Crippen LogP contribution in [0.3, 0.4) is 0 Å². The van der Waals surface area contributed by atoms with Crippen molar-refractivity contribution in [3.8, 4) is 5.75 Å². The second-order valence-corrected chi connectivity index (χ2v) is 7.44. The van der Waals surface area contributed by atoms with Crippen LogP contribution in [0.1, 0.15) is 37.3 Å². The number of ether oxygens (including phenoxy) is 1. The topological polar surface area (TPSA) is 73.2 Å². The number of aromatic nitrogens is 2. The van der Waals surface area contributed by atoms with Gasteiger partial charge in [0, 0.05) is 30.5 Å². The molecule has 1 saturated carbocycles. The molecule has 0 atom stereocenters. The van der Waals surface area contributed by atoms with Crippen LogP contribution in [0.2, 0.25) is 0 Å². The highest BCUT2D eigenvalue weighted by Gasteiger charge is 2.18. The standard InChI is InChI=1S/C23H25N3O3/c27-22(15-29-21-11-5-9-17-6-3-4-10-19(17)21)24-12-13-26-16-25-20(14-23(26)28)18-7-1-2-8-18/h3-6,9-11,14,16,18H,1-2,7-8,12-13,15H2,(H,24,27). The molecule has 6 nitrogen and oxygen atoms in total. The zero-order valence-electron chi connectivity index (χ0n) is 16.3. The third-order valence-electron chi connectivity index (χ3n) is 5.46. The van der Waals surface area contributed by atoms with Crippen LogP contribution in [0, 0.1) is 0 Å². The molecule has 1 N–H and O–H groups in total. The Balaban J connectivity index is 1.27. The van der Waals surface area contributed by atoms with Crippen molar-refractivity contribution >= 4 is 16.7 Å². The van der Waals surface area contributed by atoms with E-state index in [9.17, 15) is 9.59 Å². The first-order valence-corrected chi connectivity index (χ1v) is 10.1. The van der Waals surface area contributed by atoms with E-state index < -0.39 is 0 Å². The van der Waals surface area contributed by atoms with Gasteiger partial charge in [-0.1, -0.05) is 49.2 Å². The van der Waals surface area contributed by atoms with Gasteiger partial charge in [-0.05, 0) is 24.3 Å². The molecule has 1 amide bonds. The Morgan fingerprint density at radius 2 is 1.93 bits per heavy atom. The normalized spacial score (nSPS) is 14.2.